The van der Waals surface area contributed by atoms with Crippen LogP contribution in [-0.4, -0.2) is 46.9 Å². The molecule has 1 aliphatic rings. The number of benzene rings is 1. The topological polar surface area (TPSA) is 93.5 Å². The van der Waals surface area contributed by atoms with Crippen molar-refractivity contribution in [2.45, 2.75) is 20.0 Å². The van der Waals surface area contributed by atoms with Crippen LogP contribution >= 0.6 is 0 Å². The first kappa shape index (κ1) is 17.6. The summed E-state index contributed by atoms with van der Waals surface area (Å²) in [5.74, 6) is -1.08. The predicted octanol–water partition coefficient (Wildman–Crippen LogP) is 1.81. The summed E-state index contributed by atoms with van der Waals surface area (Å²) in [7, 11) is 0. The van der Waals surface area contributed by atoms with Gasteiger partial charge in [-0.05, 0) is 24.3 Å². The molecule has 0 saturated carbocycles. The summed E-state index contributed by atoms with van der Waals surface area (Å²) in [6, 6.07) is 5.82. The van der Waals surface area contributed by atoms with E-state index in [9.17, 15) is 18.8 Å². The summed E-state index contributed by atoms with van der Waals surface area (Å²) < 4.78 is 20.8. The molecule has 0 spiro atoms. The lowest BCUT2D eigenvalue weighted by molar-refractivity contribution is -0.119. The molecule has 1 aliphatic heterocycles. The highest BCUT2D eigenvalue weighted by Crippen LogP contribution is 2.28. The highest BCUT2D eigenvalue weighted by Gasteiger charge is 2.32. The van der Waals surface area contributed by atoms with E-state index in [2.05, 4.69) is 10.4 Å². The van der Waals surface area contributed by atoms with Crippen molar-refractivity contribution < 1.29 is 23.5 Å². The molecule has 2 heterocycles. The highest BCUT2D eigenvalue weighted by atomic mass is 19.1. The van der Waals surface area contributed by atoms with Crippen LogP contribution in [0.4, 0.5) is 14.9 Å². The van der Waals surface area contributed by atoms with Crippen LogP contribution in [0.15, 0.2) is 30.5 Å². The summed E-state index contributed by atoms with van der Waals surface area (Å²) in [5.41, 5.74) is 0.875. The number of nitrogens with zero attached hydrogens (tertiary/aromatic N) is 3. The summed E-state index contributed by atoms with van der Waals surface area (Å²) in [4.78, 5) is 35.5. The van der Waals surface area contributed by atoms with Crippen molar-refractivity contribution in [2.75, 3.05) is 18.0 Å². The number of hydrogen-bond donors (Lipinski definition) is 1. The van der Waals surface area contributed by atoms with E-state index in [4.69, 9.17) is 4.74 Å². The molecule has 0 radical (unpaired) electrons. The van der Waals surface area contributed by atoms with Crippen LogP contribution in [-0.2, 0) is 9.53 Å². The molecule has 9 heteroatoms. The maximum Gasteiger partial charge on any atom is 0.414 e. The van der Waals surface area contributed by atoms with E-state index in [0.29, 0.717) is 11.4 Å². The number of carbonyl (C=O) groups is 3. The van der Waals surface area contributed by atoms with E-state index in [1.165, 1.54) is 43.1 Å². The molecule has 8 nitrogen and oxygen atoms in total. The van der Waals surface area contributed by atoms with Gasteiger partial charge in [-0.3, -0.25) is 14.5 Å². The van der Waals surface area contributed by atoms with E-state index in [0.717, 1.165) is 4.68 Å². The second-order valence-corrected chi connectivity index (χ2v) is 5.88. The second-order valence-electron chi connectivity index (χ2n) is 5.88. The van der Waals surface area contributed by atoms with Gasteiger partial charge in [0.2, 0.25) is 11.8 Å². The normalized spacial score (nSPS) is 16.5. The molecule has 0 unspecified atom stereocenters. The molecule has 26 heavy (non-hydrogen) atoms. The van der Waals surface area contributed by atoms with Gasteiger partial charge < -0.3 is 10.1 Å². The van der Waals surface area contributed by atoms with Gasteiger partial charge >= 0.3 is 6.09 Å². The minimum absolute atomic E-state index is 0.195. The third-order valence-electron chi connectivity index (χ3n) is 3.90. The Labute approximate surface area is 148 Å². The van der Waals surface area contributed by atoms with Crippen molar-refractivity contribution >= 4 is 23.6 Å². The Balaban J connectivity index is 1.77. The van der Waals surface area contributed by atoms with Crippen LogP contribution < -0.4 is 10.2 Å². The maximum absolute atomic E-state index is 14.5. The summed E-state index contributed by atoms with van der Waals surface area (Å²) in [6.45, 7) is 3.13. The Morgan fingerprint density at radius 1 is 1.35 bits per heavy atom. The number of anilines is 1. The first-order valence-electron chi connectivity index (χ1n) is 7.94. The van der Waals surface area contributed by atoms with Crippen LogP contribution in [0.2, 0.25) is 0 Å². The van der Waals surface area contributed by atoms with E-state index in [1.807, 2.05) is 0 Å². The number of aromatic nitrogens is 2. The molecular formula is C17H17FN4O4. The van der Waals surface area contributed by atoms with Crippen molar-refractivity contribution in [1.82, 2.24) is 15.1 Å². The SMILES string of the molecule is CC(=O)NC[C@H]1CN(c2ccc(-c3ccn(C(C)=O)n3)c(F)c2)C(=O)O1. The minimum atomic E-state index is -0.603. The highest BCUT2D eigenvalue weighted by molar-refractivity contribution is 5.90. The average Bonchev–Trinajstić information content (AvgIpc) is 3.20. The van der Waals surface area contributed by atoms with Gasteiger partial charge in [0.25, 0.3) is 0 Å². The monoisotopic (exact) mass is 360 g/mol. The number of ether oxygens (including phenoxy) is 1. The quantitative estimate of drug-likeness (QED) is 0.897. The minimum Gasteiger partial charge on any atom is -0.442 e. The number of hydrogen-bond acceptors (Lipinski definition) is 5. The van der Waals surface area contributed by atoms with Crippen LogP contribution in [0.3, 0.4) is 0 Å². The molecule has 1 aromatic heterocycles. The number of carbonyl (C=O) groups excluding carboxylic acids is 3. The zero-order valence-corrected chi connectivity index (χ0v) is 14.2. The van der Waals surface area contributed by atoms with Crippen LogP contribution in [0.1, 0.15) is 18.6 Å². The van der Waals surface area contributed by atoms with Crippen molar-refractivity contribution in [3.8, 4) is 11.3 Å². The summed E-state index contributed by atoms with van der Waals surface area (Å²) in [6.07, 6.45) is 0.351. The first-order valence-corrected chi connectivity index (χ1v) is 7.94. The van der Waals surface area contributed by atoms with Gasteiger partial charge in [0, 0.05) is 25.6 Å². The molecule has 1 atom stereocenters. The van der Waals surface area contributed by atoms with E-state index >= 15 is 0 Å². The number of halogens is 1. The van der Waals surface area contributed by atoms with Crippen molar-refractivity contribution in [3.05, 3.63) is 36.3 Å². The lowest BCUT2D eigenvalue weighted by Crippen LogP contribution is -2.33. The van der Waals surface area contributed by atoms with Gasteiger partial charge in [-0.25, -0.2) is 13.9 Å². The predicted molar refractivity (Wildman–Crippen MR) is 90.2 cm³/mol. The Morgan fingerprint density at radius 2 is 2.12 bits per heavy atom. The van der Waals surface area contributed by atoms with Crippen molar-refractivity contribution in [2.24, 2.45) is 0 Å². The van der Waals surface area contributed by atoms with Crippen LogP contribution in [0, 0.1) is 5.82 Å². The smallest absolute Gasteiger partial charge is 0.414 e. The van der Waals surface area contributed by atoms with Gasteiger partial charge in [0.15, 0.2) is 0 Å². The standard InChI is InChI=1S/C17H17FN4O4/c1-10(23)19-8-13-9-21(17(25)26-13)12-3-4-14(15(18)7-12)16-5-6-22(20-16)11(2)24/h3-7,13H,8-9H2,1-2H3,(H,19,23)/t13-/m0/s1. The molecule has 1 fully saturated rings. The number of cyclic esters (lactones) is 1. The molecule has 3 rings (SSSR count). The van der Waals surface area contributed by atoms with E-state index in [1.54, 1.807) is 6.07 Å². The van der Waals surface area contributed by atoms with Gasteiger partial charge in [-0.2, -0.15) is 5.10 Å². The first-order chi connectivity index (χ1) is 12.3. The maximum atomic E-state index is 14.5. The van der Waals surface area contributed by atoms with Gasteiger partial charge in [-0.1, -0.05) is 0 Å². The lowest BCUT2D eigenvalue weighted by atomic mass is 10.1. The molecule has 2 amide bonds. The molecule has 1 N–H and O–H groups in total. The van der Waals surface area contributed by atoms with Crippen molar-refractivity contribution in [3.63, 3.8) is 0 Å². The van der Waals surface area contributed by atoms with Crippen LogP contribution in [0.25, 0.3) is 11.3 Å². The molecule has 1 saturated heterocycles. The Hall–Kier alpha value is -3.23. The third-order valence-corrected chi connectivity index (χ3v) is 3.90. The lowest BCUT2D eigenvalue weighted by Gasteiger charge is -2.14. The molecular weight excluding hydrogens is 343 g/mol. The fourth-order valence-electron chi connectivity index (χ4n) is 2.62. The summed E-state index contributed by atoms with van der Waals surface area (Å²) >= 11 is 0. The molecule has 0 bridgehead atoms. The Kier molecular flexibility index (Phi) is 4.70. The van der Waals surface area contributed by atoms with Crippen LogP contribution in [0.5, 0.6) is 0 Å². The van der Waals surface area contributed by atoms with Gasteiger partial charge in [-0.15, -0.1) is 0 Å². The fourth-order valence-corrected chi connectivity index (χ4v) is 2.62. The van der Waals surface area contributed by atoms with E-state index < -0.39 is 18.0 Å². The van der Waals surface area contributed by atoms with Crippen molar-refractivity contribution in [1.29, 1.82) is 0 Å². The van der Waals surface area contributed by atoms with E-state index in [-0.39, 0.29) is 30.5 Å². The fraction of sp³-hybridized carbons (Fsp3) is 0.294. The number of rotatable bonds is 4. The molecule has 1 aromatic carbocycles. The molecule has 136 valence electrons. The average molecular weight is 360 g/mol. The zero-order valence-electron chi connectivity index (χ0n) is 14.2. The summed E-state index contributed by atoms with van der Waals surface area (Å²) in [5, 5.41) is 6.60. The number of nitrogens with one attached hydrogen (secondary N) is 1. The van der Waals surface area contributed by atoms with Gasteiger partial charge in [0.1, 0.15) is 11.9 Å². The largest absolute Gasteiger partial charge is 0.442 e. The molecule has 0 aliphatic carbocycles. The Morgan fingerprint density at radius 3 is 2.73 bits per heavy atom. The zero-order chi connectivity index (χ0) is 18.8. The second kappa shape index (κ2) is 6.95. The third kappa shape index (κ3) is 3.56. The Bertz CT molecular complexity index is 879. The molecule has 2 aromatic rings. The number of amides is 2. The van der Waals surface area contributed by atoms with Gasteiger partial charge in [0.05, 0.1) is 24.5 Å².